The number of halogens is 3. The summed E-state index contributed by atoms with van der Waals surface area (Å²) >= 11 is 0. The Bertz CT molecular complexity index is 1050. The maximum atomic E-state index is 12.9. The van der Waals surface area contributed by atoms with Crippen molar-refractivity contribution in [3.8, 4) is 0 Å². The summed E-state index contributed by atoms with van der Waals surface area (Å²) in [4.78, 5) is 14.8. The van der Waals surface area contributed by atoms with Gasteiger partial charge in [0.2, 0.25) is 0 Å². The molecule has 0 fully saturated rings. The van der Waals surface area contributed by atoms with Gasteiger partial charge in [-0.3, -0.25) is 15.0 Å². The monoisotopic (exact) mass is 447 g/mol. The standard InChI is InChI=1S/C24H32F3N5/c1-8-16(2)23-20(9-12-32-23)17(3)18(4)21(15-29-6)22(30-7)10-11-31-14-19(13-28-5)24(25,26)27/h8-9,12-14,29,32H,1,5,10-11,15H2,2-4,6-7H3/b19-13+,20-17+,21-18+,23-16+,30-22?,31-14?. The molecule has 1 aromatic rings. The average molecular weight is 448 g/mol. The maximum Gasteiger partial charge on any atom is 0.419 e. The van der Waals surface area contributed by atoms with Gasteiger partial charge in [-0.05, 0) is 62.9 Å². The number of likely N-dealkylation sites (N-methyl/N-ethyl adjacent to an activating group) is 1. The first kappa shape index (κ1) is 27.0. The van der Waals surface area contributed by atoms with Crippen LogP contribution in [0.5, 0.6) is 0 Å². The third-order valence-electron chi connectivity index (χ3n) is 5.10. The van der Waals surface area contributed by atoms with Gasteiger partial charge < -0.3 is 10.3 Å². The number of hydrogen-bond donors (Lipinski definition) is 2. The van der Waals surface area contributed by atoms with E-state index in [-0.39, 0.29) is 6.54 Å². The van der Waals surface area contributed by atoms with Crippen LogP contribution >= 0.6 is 0 Å². The molecule has 8 heteroatoms. The van der Waals surface area contributed by atoms with Crippen molar-refractivity contribution in [1.29, 1.82) is 0 Å². The van der Waals surface area contributed by atoms with Crippen LogP contribution in [0.2, 0.25) is 0 Å². The number of nitrogens with zero attached hydrogens (tertiary/aromatic N) is 3. The lowest BCUT2D eigenvalue weighted by Crippen LogP contribution is -2.27. The molecule has 0 saturated carbocycles. The summed E-state index contributed by atoms with van der Waals surface area (Å²) in [5.41, 5.74) is 4.00. The van der Waals surface area contributed by atoms with Crippen molar-refractivity contribution >= 4 is 29.8 Å². The number of alkyl halides is 3. The second-order valence-corrected chi connectivity index (χ2v) is 7.13. The molecule has 0 saturated heterocycles. The molecule has 1 heterocycles. The number of aromatic nitrogens is 1. The van der Waals surface area contributed by atoms with Crippen LogP contribution in [0.15, 0.2) is 62.8 Å². The Morgan fingerprint density at radius 3 is 2.47 bits per heavy atom. The van der Waals surface area contributed by atoms with E-state index in [2.05, 4.69) is 38.6 Å². The smallest absolute Gasteiger partial charge is 0.361 e. The quantitative estimate of drug-likeness (QED) is 0.527. The molecule has 0 aliphatic heterocycles. The second-order valence-electron chi connectivity index (χ2n) is 7.13. The Morgan fingerprint density at radius 2 is 1.94 bits per heavy atom. The summed E-state index contributed by atoms with van der Waals surface area (Å²) in [6.45, 7) is 13.7. The number of H-pyrrole nitrogens is 1. The first-order valence-corrected chi connectivity index (χ1v) is 10.1. The first-order valence-electron chi connectivity index (χ1n) is 10.1. The maximum absolute atomic E-state index is 12.9. The van der Waals surface area contributed by atoms with Crippen molar-refractivity contribution in [2.75, 3.05) is 27.2 Å². The lowest BCUT2D eigenvalue weighted by molar-refractivity contribution is -0.0857. The number of hydrogen-bond acceptors (Lipinski definition) is 4. The number of nitrogens with one attached hydrogen (secondary N) is 2. The van der Waals surface area contributed by atoms with Gasteiger partial charge in [-0.1, -0.05) is 12.7 Å². The molecular weight excluding hydrogens is 415 g/mol. The second kappa shape index (κ2) is 12.8. The molecule has 0 atom stereocenters. The predicted octanol–water partition coefficient (Wildman–Crippen LogP) is 3.76. The zero-order chi connectivity index (χ0) is 24.3. The highest BCUT2D eigenvalue weighted by atomic mass is 19.4. The largest absolute Gasteiger partial charge is 0.419 e. The molecule has 1 aromatic heterocycles. The van der Waals surface area contributed by atoms with Crippen LogP contribution in [-0.2, 0) is 0 Å². The van der Waals surface area contributed by atoms with Crippen molar-refractivity contribution in [2.24, 2.45) is 15.0 Å². The van der Waals surface area contributed by atoms with Crippen molar-refractivity contribution in [3.63, 3.8) is 0 Å². The van der Waals surface area contributed by atoms with E-state index in [0.29, 0.717) is 19.2 Å². The molecule has 0 radical (unpaired) electrons. The minimum atomic E-state index is -4.53. The fourth-order valence-electron chi connectivity index (χ4n) is 3.18. The molecule has 0 aliphatic carbocycles. The number of rotatable bonds is 10. The van der Waals surface area contributed by atoms with Crippen LogP contribution in [0.1, 0.15) is 27.2 Å². The summed E-state index contributed by atoms with van der Waals surface area (Å²) in [6, 6.07) is 2.02. The minimum absolute atomic E-state index is 0.162. The number of aliphatic imine (C=N–C) groups is 3. The predicted molar refractivity (Wildman–Crippen MR) is 130 cm³/mol. The highest BCUT2D eigenvalue weighted by Gasteiger charge is 2.32. The van der Waals surface area contributed by atoms with Crippen LogP contribution in [0, 0.1) is 0 Å². The van der Waals surface area contributed by atoms with Gasteiger partial charge in [0.25, 0.3) is 0 Å². The SMILES string of the molecule is C=C/C(C)=c1/[nH]cc/c1=C(C)\C(C)=C(/CNC)C(CCN=C/C(=C\N=C)C(F)(F)F)=NC. The molecule has 0 amide bonds. The summed E-state index contributed by atoms with van der Waals surface area (Å²) in [5, 5.41) is 5.23. The fourth-order valence-corrected chi connectivity index (χ4v) is 3.18. The van der Waals surface area contributed by atoms with Crippen LogP contribution in [-0.4, -0.2) is 57.0 Å². The van der Waals surface area contributed by atoms with Crippen molar-refractivity contribution in [2.45, 2.75) is 33.4 Å². The lowest BCUT2D eigenvalue weighted by atomic mass is 9.95. The van der Waals surface area contributed by atoms with Crippen LogP contribution in [0.25, 0.3) is 11.1 Å². The van der Waals surface area contributed by atoms with Gasteiger partial charge in [0.15, 0.2) is 0 Å². The molecule has 0 aromatic carbocycles. The first-order chi connectivity index (χ1) is 15.1. The Balaban J connectivity index is 3.33. The number of allylic oxidation sites excluding steroid dienone is 3. The van der Waals surface area contributed by atoms with Crippen LogP contribution < -0.4 is 15.9 Å². The van der Waals surface area contributed by atoms with E-state index in [1.54, 1.807) is 13.1 Å². The third-order valence-corrected chi connectivity index (χ3v) is 5.10. The Labute approximate surface area is 187 Å². The van der Waals surface area contributed by atoms with E-state index in [1.807, 2.05) is 40.1 Å². The van der Waals surface area contributed by atoms with E-state index in [9.17, 15) is 13.2 Å². The molecular formula is C24H32F3N5. The normalized spacial score (nSPS) is 16.1. The van der Waals surface area contributed by atoms with Gasteiger partial charge in [-0.2, -0.15) is 13.2 Å². The van der Waals surface area contributed by atoms with Crippen LogP contribution in [0.4, 0.5) is 13.2 Å². The molecule has 174 valence electrons. The molecule has 1 rings (SSSR count). The molecule has 0 spiro atoms. The van der Waals surface area contributed by atoms with Gasteiger partial charge in [0, 0.05) is 61.4 Å². The summed E-state index contributed by atoms with van der Waals surface area (Å²) in [7, 11) is 3.52. The summed E-state index contributed by atoms with van der Waals surface area (Å²) in [5.74, 6) is 0. The van der Waals surface area contributed by atoms with E-state index < -0.39 is 11.7 Å². The van der Waals surface area contributed by atoms with E-state index in [0.717, 1.165) is 44.8 Å². The van der Waals surface area contributed by atoms with Gasteiger partial charge in [0.05, 0.1) is 5.57 Å². The van der Waals surface area contributed by atoms with E-state index in [4.69, 9.17) is 0 Å². The van der Waals surface area contributed by atoms with Gasteiger partial charge >= 0.3 is 6.18 Å². The van der Waals surface area contributed by atoms with Gasteiger partial charge in [0.1, 0.15) is 0 Å². The van der Waals surface area contributed by atoms with Crippen molar-refractivity contribution in [1.82, 2.24) is 10.3 Å². The zero-order valence-corrected chi connectivity index (χ0v) is 19.4. The Morgan fingerprint density at radius 1 is 1.25 bits per heavy atom. The molecule has 5 nitrogen and oxygen atoms in total. The summed E-state index contributed by atoms with van der Waals surface area (Å²) < 4.78 is 38.8. The molecule has 0 aliphatic rings. The highest BCUT2D eigenvalue weighted by molar-refractivity contribution is 6.03. The van der Waals surface area contributed by atoms with Gasteiger partial charge in [-0.25, -0.2) is 0 Å². The van der Waals surface area contributed by atoms with Crippen molar-refractivity contribution < 1.29 is 13.2 Å². The van der Waals surface area contributed by atoms with Crippen molar-refractivity contribution in [3.05, 3.63) is 58.4 Å². The fraction of sp³-hybridized carbons (Fsp3) is 0.375. The molecule has 0 unspecified atom stereocenters. The minimum Gasteiger partial charge on any atom is -0.361 e. The average Bonchev–Trinajstić information content (AvgIpc) is 3.24. The van der Waals surface area contributed by atoms with Gasteiger partial charge in [-0.15, -0.1) is 0 Å². The Kier molecular flexibility index (Phi) is 10.8. The molecule has 2 N–H and O–H groups in total. The lowest BCUT2D eigenvalue weighted by Gasteiger charge is -2.15. The third kappa shape index (κ3) is 7.30. The number of aromatic amines is 1. The summed E-state index contributed by atoms with van der Waals surface area (Å²) in [6.07, 6.45) is 1.01. The molecule has 0 bridgehead atoms. The van der Waals surface area contributed by atoms with E-state index >= 15 is 0 Å². The van der Waals surface area contributed by atoms with E-state index in [1.165, 1.54) is 0 Å². The topological polar surface area (TPSA) is 64.9 Å². The Hall–Kier alpha value is -3.00. The zero-order valence-electron chi connectivity index (χ0n) is 19.4. The highest BCUT2D eigenvalue weighted by Crippen LogP contribution is 2.24. The van der Waals surface area contributed by atoms with Crippen LogP contribution in [0.3, 0.4) is 0 Å². The molecule has 32 heavy (non-hydrogen) atoms.